The molecule has 1 amide bonds. The first-order chi connectivity index (χ1) is 7.58. The van der Waals surface area contributed by atoms with Crippen LogP contribution in [-0.4, -0.2) is 15.7 Å². The summed E-state index contributed by atoms with van der Waals surface area (Å²) in [5.41, 5.74) is 1.77. The van der Waals surface area contributed by atoms with E-state index < -0.39 is 4.92 Å². The van der Waals surface area contributed by atoms with Crippen LogP contribution in [0.1, 0.15) is 18.1 Å². The highest BCUT2D eigenvalue weighted by molar-refractivity contribution is 5.77. The highest BCUT2D eigenvalue weighted by atomic mass is 16.6. The van der Waals surface area contributed by atoms with Gasteiger partial charge >= 0.3 is 0 Å². The molecule has 0 atom stereocenters. The number of hydrogen-bond acceptors (Lipinski definition) is 3. The highest BCUT2D eigenvalue weighted by Gasteiger charge is 2.16. The number of nitro benzene ring substituents is 1. The van der Waals surface area contributed by atoms with Gasteiger partial charge < -0.3 is 4.90 Å². The Bertz CT molecular complexity index is 494. The van der Waals surface area contributed by atoms with Crippen molar-refractivity contribution in [1.82, 2.24) is 4.90 Å². The molecule has 82 valence electrons. The third kappa shape index (κ3) is 1.79. The summed E-state index contributed by atoms with van der Waals surface area (Å²) < 4.78 is 0. The van der Waals surface area contributed by atoms with E-state index in [1.807, 2.05) is 0 Å². The molecule has 0 unspecified atom stereocenters. The van der Waals surface area contributed by atoms with Crippen molar-refractivity contribution in [3.63, 3.8) is 0 Å². The molecular formula is C11H10N2O3. The molecule has 5 heteroatoms. The number of amides is 1. The van der Waals surface area contributed by atoms with Crippen molar-refractivity contribution in [1.29, 1.82) is 0 Å². The molecule has 0 saturated heterocycles. The van der Waals surface area contributed by atoms with E-state index in [0.717, 1.165) is 11.1 Å². The number of carbonyl (C=O) groups is 1. The standard InChI is InChI=1S/C11H10N2O3/c1-8(14)12-5-4-9-2-3-11(13(15)16)6-10(9)7-12/h2-6H,7H2,1H3. The molecule has 0 fully saturated rings. The summed E-state index contributed by atoms with van der Waals surface area (Å²) in [4.78, 5) is 22.9. The number of non-ortho nitro benzene ring substituents is 1. The molecule has 0 aromatic heterocycles. The Hall–Kier alpha value is -2.17. The minimum absolute atomic E-state index is 0.0533. The molecule has 0 radical (unpaired) electrons. The first-order valence-electron chi connectivity index (χ1n) is 4.80. The van der Waals surface area contributed by atoms with Gasteiger partial charge in [-0.3, -0.25) is 14.9 Å². The van der Waals surface area contributed by atoms with Crippen LogP contribution in [0.25, 0.3) is 6.08 Å². The van der Waals surface area contributed by atoms with Crippen LogP contribution in [0, 0.1) is 10.1 Å². The zero-order chi connectivity index (χ0) is 11.7. The molecule has 1 aromatic rings. The van der Waals surface area contributed by atoms with E-state index in [0.29, 0.717) is 6.54 Å². The second-order valence-corrected chi connectivity index (χ2v) is 3.60. The maximum absolute atomic E-state index is 11.2. The second-order valence-electron chi connectivity index (χ2n) is 3.60. The molecule has 1 aliphatic heterocycles. The van der Waals surface area contributed by atoms with E-state index in [4.69, 9.17) is 0 Å². The van der Waals surface area contributed by atoms with Gasteiger partial charge in [0.25, 0.3) is 5.69 Å². The maximum atomic E-state index is 11.2. The molecule has 0 N–H and O–H groups in total. The lowest BCUT2D eigenvalue weighted by Crippen LogP contribution is -2.24. The van der Waals surface area contributed by atoms with Crippen molar-refractivity contribution in [2.24, 2.45) is 0 Å². The molecular weight excluding hydrogens is 208 g/mol. The fraction of sp³-hybridized carbons (Fsp3) is 0.182. The smallest absolute Gasteiger partial charge is 0.269 e. The van der Waals surface area contributed by atoms with E-state index in [2.05, 4.69) is 0 Å². The van der Waals surface area contributed by atoms with Gasteiger partial charge in [-0.25, -0.2) is 0 Å². The van der Waals surface area contributed by atoms with Crippen LogP contribution in [0.15, 0.2) is 24.4 Å². The average molecular weight is 218 g/mol. The Labute approximate surface area is 92.1 Å². The van der Waals surface area contributed by atoms with Crippen LogP contribution in [0.4, 0.5) is 5.69 Å². The average Bonchev–Trinajstić information content (AvgIpc) is 2.27. The van der Waals surface area contributed by atoms with Gasteiger partial charge in [0, 0.05) is 25.3 Å². The van der Waals surface area contributed by atoms with Gasteiger partial charge in [-0.05, 0) is 23.3 Å². The molecule has 1 aliphatic rings. The fourth-order valence-electron chi connectivity index (χ4n) is 1.63. The maximum Gasteiger partial charge on any atom is 0.269 e. The first-order valence-corrected chi connectivity index (χ1v) is 4.80. The molecule has 5 nitrogen and oxygen atoms in total. The molecule has 1 aromatic carbocycles. The number of hydrogen-bond donors (Lipinski definition) is 0. The SMILES string of the molecule is CC(=O)N1C=Cc2ccc([N+](=O)[O-])cc2C1. The molecule has 16 heavy (non-hydrogen) atoms. The minimum Gasteiger partial charge on any atom is -0.315 e. The van der Waals surface area contributed by atoms with Crippen LogP contribution < -0.4 is 0 Å². The zero-order valence-electron chi connectivity index (χ0n) is 8.71. The van der Waals surface area contributed by atoms with Crippen molar-refractivity contribution in [2.75, 3.05) is 0 Å². The summed E-state index contributed by atoms with van der Waals surface area (Å²) in [6.07, 6.45) is 3.47. The van der Waals surface area contributed by atoms with Gasteiger partial charge in [-0.1, -0.05) is 0 Å². The lowest BCUT2D eigenvalue weighted by atomic mass is 10.0. The second kappa shape index (κ2) is 3.77. The highest BCUT2D eigenvalue weighted by Crippen LogP contribution is 2.24. The largest absolute Gasteiger partial charge is 0.315 e. The summed E-state index contributed by atoms with van der Waals surface area (Å²) in [6, 6.07) is 4.67. The predicted molar refractivity (Wildman–Crippen MR) is 58.4 cm³/mol. The van der Waals surface area contributed by atoms with Crippen molar-refractivity contribution in [3.05, 3.63) is 45.6 Å². The molecule has 0 saturated carbocycles. The van der Waals surface area contributed by atoms with Gasteiger partial charge in [0.1, 0.15) is 0 Å². The lowest BCUT2D eigenvalue weighted by molar-refractivity contribution is -0.384. The summed E-state index contributed by atoms with van der Waals surface area (Å²) in [7, 11) is 0. The van der Waals surface area contributed by atoms with Gasteiger partial charge in [-0.2, -0.15) is 0 Å². The normalized spacial score (nSPS) is 13.4. The Morgan fingerprint density at radius 1 is 1.50 bits per heavy atom. The molecule has 0 aliphatic carbocycles. The van der Waals surface area contributed by atoms with Gasteiger partial charge in [0.05, 0.1) is 11.5 Å². The molecule has 1 heterocycles. The summed E-state index contributed by atoms with van der Waals surface area (Å²) in [5, 5.41) is 10.6. The molecule has 0 bridgehead atoms. The van der Waals surface area contributed by atoms with Gasteiger partial charge in [-0.15, -0.1) is 0 Å². The Morgan fingerprint density at radius 2 is 2.25 bits per heavy atom. The van der Waals surface area contributed by atoms with Gasteiger partial charge in [0.15, 0.2) is 0 Å². The summed E-state index contributed by atoms with van der Waals surface area (Å²) in [5.74, 6) is -0.0755. The molecule has 2 rings (SSSR count). The lowest BCUT2D eigenvalue weighted by Gasteiger charge is -2.21. The van der Waals surface area contributed by atoms with Crippen molar-refractivity contribution >= 4 is 17.7 Å². The monoisotopic (exact) mass is 218 g/mol. The molecule has 0 spiro atoms. The van der Waals surface area contributed by atoms with E-state index >= 15 is 0 Å². The number of carbonyl (C=O) groups excluding carboxylic acids is 1. The third-order valence-electron chi connectivity index (χ3n) is 2.52. The Morgan fingerprint density at radius 3 is 2.88 bits per heavy atom. The van der Waals surface area contributed by atoms with Gasteiger partial charge in [0.2, 0.25) is 5.91 Å². The predicted octanol–water partition coefficient (Wildman–Crippen LogP) is 1.93. The van der Waals surface area contributed by atoms with Crippen molar-refractivity contribution in [2.45, 2.75) is 13.5 Å². The van der Waals surface area contributed by atoms with Crippen LogP contribution >= 0.6 is 0 Å². The number of rotatable bonds is 1. The number of nitrogens with zero attached hydrogens (tertiary/aromatic N) is 2. The summed E-state index contributed by atoms with van der Waals surface area (Å²) in [6.45, 7) is 1.86. The van der Waals surface area contributed by atoms with Crippen LogP contribution in [0.3, 0.4) is 0 Å². The van der Waals surface area contributed by atoms with E-state index in [1.54, 1.807) is 18.3 Å². The van der Waals surface area contributed by atoms with Crippen molar-refractivity contribution in [3.8, 4) is 0 Å². The minimum atomic E-state index is -0.434. The van der Waals surface area contributed by atoms with E-state index in [-0.39, 0.29) is 11.6 Å². The number of fused-ring (bicyclic) bond motifs is 1. The first kappa shape index (κ1) is 10.4. The summed E-state index contributed by atoms with van der Waals surface area (Å²) >= 11 is 0. The zero-order valence-corrected chi connectivity index (χ0v) is 8.71. The quantitative estimate of drug-likeness (QED) is 0.534. The van der Waals surface area contributed by atoms with E-state index in [9.17, 15) is 14.9 Å². The topological polar surface area (TPSA) is 63.5 Å². The van der Waals surface area contributed by atoms with Crippen LogP contribution in [-0.2, 0) is 11.3 Å². The number of nitro groups is 1. The fourth-order valence-corrected chi connectivity index (χ4v) is 1.63. The van der Waals surface area contributed by atoms with Crippen molar-refractivity contribution < 1.29 is 9.72 Å². The third-order valence-corrected chi connectivity index (χ3v) is 2.52. The Balaban J connectivity index is 2.38. The van der Waals surface area contributed by atoms with E-state index in [1.165, 1.54) is 24.0 Å². The Kier molecular flexibility index (Phi) is 2.44. The van der Waals surface area contributed by atoms with Crippen LogP contribution in [0.2, 0.25) is 0 Å². The number of benzene rings is 1. The van der Waals surface area contributed by atoms with Crippen LogP contribution in [0.5, 0.6) is 0 Å².